The standard InChI is InChI=1S/C13H28N2O2.ClH/c1-7-8-13(5,14)11(16)15-10(2)9-12(3,4)17-6;/h10H,7-9,14H2,1-6H3,(H,15,16);1H. The van der Waals surface area contributed by atoms with E-state index in [1.165, 1.54) is 0 Å². The molecule has 2 unspecified atom stereocenters. The van der Waals surface area contributed by atoms with Crippen molar-refractivity contribution < 1.29 is 9.53 Å². The molecular weight excluding hydrogens is 252 g/mol. The number of carbonyl (C=O) groups excluding carboxylic acids is 1. The Morgan fingerprint density at radius 2 is 1.89 bits per heavy atom. The van der Waals surface area contributed by atoms with Crippen LogP contribution < -0.4 is 11.1 Å². The number of rotatable bonds is 7. The van der Waals surface area contributed by atoms with E-state index in [0.29, 0.717) is 6.42 Å². The molecule has 110 valence electrons. The number of carbonyl (C=O) groups is 1. The van der Waals surface area contributed by atoms with E-state index in [0.717, 1.165) is 12.8 Å². The second kappa shape index (κ2) is 7.97. The fourth-order valence-corrected chi connectivity index (χ4v) is 1.89. The van der Waals surface area contributed by atoms with Gasteiger partial charge in [-0.05, 0) is 40.5 Å². The lowest BCUT2D eigenvalue weighted by molar-refractivity contribution is -0.127. The highest BCUT2D eigenvalue weighted by Gasteiger charge is 2.29. The third-order valence-corrected chi connectivity index (χ3v) is 3.02. The molecule has 0 radical (unpaired) electrons. The molecule has 3 N–H and O–H groups in total. The molecule has 0 saturated heterocycles. The minimum Gasteiger partial charge on any atom is -0.379 e. The van der Waals surface area contributed by atoms with Crippen molar-refractivity contribution in [2.75, 3.05) is 7.11 Å². The summed E-state index contributed by atoms with van der Waals surface area (Å²) in [5.74, 6) is -0.0845. The summed E-state index contributed by atoms with van der Waals surface area (Å²) in [5.41, 5.74) is 4.96. The summed E-state index contributed by atoms with van der Waals surface area (Å²) < 4.78 is 5.34. The minimum atomic E-state index is -0.778. The van der Waals surface area contributed by atoms with Gasteiger partial charge < -0.3 is 15.8 Å². The Morgan fingerprint density at radius 3 is 2.28 bits per heavy atom. The maximum absolute atomic E-state index is 12.0. The van der Waals surface area contributed by atoms with Crippen molar-refractivity contribution in [2.45, 2.75) is 71.1 Å². The van der Waals surface area contributed by atoms with E-state index < -0.39 is 5.54 Å². The van der Waals surface area contributed by atoms with Crippen molar-refractivity contribution >= 4 is 18.3 Å². The quantitative estimate of drug-likeness (QED) is 0.752. The summed E-state index contributed by atoms with van der Waals surface area (Å²) in [5, 5.41) is 2.95. The molecule has 0 aromatic heterocycles. The van der Waals surface area contributed by atoms with Crippen molar-refractivity contribution in [1.29, 1.82) is 0 Å². The van der Waals surface area contributed by atoms with Crippen LogP contribution in [0.3, 0.4) is 0 Å². The number of hydrogen-bond donors (Lipinski definition) is 2. The molecular formula is C13H29ClN2O2. The van der Waals surface area contributed by atoms with Crippen LogP contribution in [0.15, 0.2) is 0 Å². The topological polar surface area (TPSA) is 64.4 Å². The predicted octanol–water partition coefficient (Wildman–Crippen LogP) is 2.25. The monoisotopic (exact) mass is 280 g/mol. The third-order valence-electron chi connectivity index (χ3n) is 3.02. The van der Waals surface area contributed by atoms with Crippen molar-refractivity contribution in [2.24, 2.45) is 5.73 Å². The zero-order chi connectivity index (χ0) is 13.7. The minimum absolute atomic E-state index is 0. The second-order valence-corrected chi connectivity index (χ2v) is 5.71. The van der Waals surface area contributed by atoms with Crippen LogP contribution in [0.2, 0.25) is 0 Å². The number of halogens is 1. The molecule has 0 fully saturated rings. The smallest absolute Gasteiger partial charge is 0.240 e. The summed E-state index contributed by atoms with van der Waals surface area (Å²) >= 11 is 0. The van der Waals surface area contributed by atoms with Crippen molar-refractivity contribution in [3.8, 4) is 0 Å². The van der Waals surface area contributed by atoms with Crippen LogP contribution in [0.25, 0.3) is 0 Å². The number of hydrogen-bond acceptors (Lipinski definition) is 3. The molecule has 0 aromatic carbocycles. The van der Waals surface area contributed by atoms with Gasteiger partial charge in [-0.2, -0.15) is 0 Å². The molecule has 2 atom stereocenters. The first-order chi connectivity index (χ1) is 7.64. The van der Waals surface area contributed by atoms with Crippen LogP contribution in [0, 0.1) is 0 Å². The van der Waals surface area contributed by atoms with E-state index in [9.17, 15) is 4.79 Å². The highest BCUT2D eigenvalue weighted by Crippen LogP contribution is 2.16. The molecule has 0 aliphatic carbocycles. The highest BCUT2D eigenvalue weighted by atomic mass is 35.5. The maximum atomic E-state index is 12.0. The van der Waals surface area contributed by atoms with E-state index in [1.807, 2.05) is 27.7 Å². The summed E-state index contributed by atoms with van der Waals surface area (Å²) in [6.45, 7) is 9.78. The lowest BCUT2D eigenvalue weighted by Crippen LogP contribution is -2.54. The molecule has 0 heterocycles. The number of nitrogens with two attached hydrogens (primary N) is 1. The number of amides is 1. The van der Waals surface area contributed by atoms with Crippen LogP contribution in [0.5, 0.6) is 0 Å². The van der Waals surface area contributed by atoms with Crippen molar-refractivity contribution in [3.05, 3.63) is 0 Å². The summed E-state index contributed by atoms with van der Waals surface area (Å²) in [6, 6.07) is 0.0529. The first kappa shape index (κ1) is 20.0. The second-order valence-electron chi connectivity index (χ2n) is 5.71. The zero-order valence-corrected chi connectivity index (χ0v) is 13.3. The van der Waals surface area contributed by atoms with E-state index in [4.69, 9.17) is 10.5 Å². The Bertz CT molecular complexity index is 255. The molecule has 5 heteroatoms. The van der Waals surface area contributed by atoms with Gasteiger partial charge in [-0.25, -0.2) is 0 Å². The average molecular weight is 281 g/mol. The molecule has 1 amide bonds. The van der Waals surface area contributed by atoms with Crippen LogP contribution in [0.1, 0.15) is 53.9 Å². The number of methoxy groups -OCH3 is 1. The van der Waals surface area contributed by atoms with Gasteiger partial charge in [0.05, 0.1) is 11.1 Å². The van der Waals surface area contributed by atoms with Gasteiger partial charge in [0.1, 0.15) is 0 Å². The van der Waals surface area contributed by atoms with Gasteiger partial charge in [-0.15, -0.1) is 12.4 Å². The molecule has 0 saturated carbocycles. The predicted molar refractivity (Wildman–Crippen MR) is 78.1 cm³/mol. The fourth-order valence-electron chi connectivity index (χ4n) is 1.89. The van der Waals surface area contributed by atoms with E-state index in [2.05, 4.69) is 5.32 Å². The van der Waals surface area contributed by atoms with E-state index in [-0.39, 0.29) is 30.0 Å². The first-order valence-corrected chi connectivity index (χ1v) is 6.29. The molecule has 0 rings (SSSR count). The molecule has 0 spiro atoms. The van der Waals surface area contributed by atoms with Gasteiger partial charge in [0, 0.05) is 13.2 Å². The average Bonchev–Trinajstić information content (AvgIpc) is 2.16. The first-order valence-electron chi connectivity index (χ1n) is 6.29. The molecule has 0 aliphatic rings. The molecule has 0 aliphatic heterocycles. The van der Waals surface area contributed by atoms with Crippen LogP contribution >= 0.6 is 12.4 Å². The Kier molecular flexibility index (Phi) is 8.86. The largest absolute Gasteiger partial charge is 0.379 e. The fraction of sp³-hybridized carbons (Fsp3) is 0.923. The zero-order valence-electron chi connectivity index (χ0n) is 12.5. The van der Waals surface area contributed by atoms with Gasteiger partial charge in [-0.1, -0.05) is 13.3 Å². The Morgan fingerprint density at radius 1 is 1.39 bits per heavy atom. The van der Waals surface area contributed by atoms with Gasteiger partial charge in [0.15, 0.2) is 0 Å². The molecule has 0 bridgehead atoms. The summed E-state index contributed by atoms with van der Waals surface area (Å²) in [7, 11) is 1.68. The summed E-state index contributed by atoms with van der Waals surface area (Å²) in [4.78, 5) is 12.0. The Hall–Kier alpha value is -0.320. The van der Waals surface area contributed by atoms with Gasteiger partial charge in [0.2, 0.25) is 5.91 Å². The number of nitrogens with one attached hydrogen (secondary N) is 1. The van der Waals surface area contributed by atoms with Gasteiger partial charge in [-0.3, -0.25) is 4.79 Å². The normalized spacial score (nSPS) is 16.4. The maximum Gasteiger partial charge on any atom is 0.240 e. The highest BCUT2D eigenvalue weighted by molar-refractivity contribution is 5.85. The lowest BCUT2D eigenvalue weighted by atomic mass is 9.94. The molecule has 0 aromatic rings. The molecule has 18 heavy (non-hydrogen) atoms. The Balaban J connectivity index is 0. The summed E-state index contributed by atoms with van der Waals surface area (Å²) in [6.07, 6.45) is 2.36. The number of ether oxygens (including phenoxy) is 1. The van der Waals surface area contributed by atoms with Crippen LogP contribution in [0.4, 0.5) is 0 Å². The SMILES string of the molecule is CCCC(C)(N)C(=O)NC(C)CC(C)(C)OC.Cl. The van der Waals surface area contributed by atoms with Crippen molar-refractivity contribution in [3.63, 3.8) is 0 Å². The van der Waals surface area contributed by atoms with Crippen LogP contribution in [-0.4, -0.2) is 30.2 Å². The lowest BCUT2D eigenvalue weighted by Gasteiger charge is -2.30. The van der Waals surface area contributed by atoms with Gasteiger partial charge >= 0.3 is 0 Å². The van der Waals surface area contributed by atoms with Crippen molar-refractivity contribution in [1.82, 2.24) is 5.32 Å². The van der Waals surface area contributed by atoms with Gasteiger partial charge in [0.25, 0.3) is 0 Å². The van der Waals surface area contributed by atoms with Crippen LogP contribution in [-0.2, 0) is 9.53 Å². The van der Waals surface area contributed by atoms with E-state index >= 15 is 0 Å². The third kappa shape index (κ3) is 7.19. The van der Waals surface area contributed by atoms with E-state index in [1.54, 1.807) is 14.0 Å². The molecule has 4 nitrogen and oxygen atoms in total. The Labute approximate surface area is 117 Å².